The molecule has 2 fully saturated rings. The van der Waals surface area contributed by atoms with Crippen LogP contribution in [0.25, 0.3) is 0 Å². The van der Waals surface area contributed by atoms with Gasteiger partial charge in [0.15, 0.2) is 9.84 Å². The molecule has 1 saturated heterocycles. The molecule has 0 N–H and O–H groups in total. The number of nitrogens with zero attached hydrogens (tertiary/aromatic N) is 4. The Hall–Kier alpha value is -2.29. The van der Waals surface area contributed by atoms with Crippen LogP contribution in [0.2, 0.25) is 0 Å². The van der Waals surface area contributed by atoms with Gasteiger partial charge in [-0.1, -0.05) is 25.3 Å². The van der Waals surface area contributed by atoms with E-state index in [0.29, 0.717) is 11.9 Å². The zero-order chi connectivity index (χ0) is 20.4. The second kappa shape index (κ2) is 8.22. The van der Waals surface area contributed by atoms with Gasteiger partial charge in [0, 0.05) is 19.0 Å². The summed E-state index contributed by atoms with van der Waals surface area (Å²) < 4.78 is 25.1. The Morgan fingerprint density at radius 1 is 1.10 bits per heavy atom. The van der Waals surface area contributed by atoms with Crippen LogP contribution in [0.5, 0.6) is 0 Å². The Balaban J connectivity index is 1.62. The highest BCUT2D eigenvalue weighted by Crippen LogP contribution is 2.22. The quantitative estimate of drug-likeness (QED) is 0.743. The minimum Gasteiger partial charge on any atom is -0.273 e. The van der Waals surface area contributed by atoms with E-state index >= 15 is 0 Å². The first-order valence-corrected chi connectivity index (χ1v) is 12.1. The Bertz CT molecular complexity index is 1010. The van der Waals surface area contributed by atoms with Gasteiger partial charge in [-0.25, -0.2) is 13.4 Å². The first kappa shape index (κ1) is 20.0. The monoisotopic (exact) mass is 418 g/mol. The van der Waals surface area contributed by atoms with Gasteiger partial charge in [-0.15, -0.1) is 0 Å². The van der Waals surface area contributed by atoms with Gasteiger partial charge in [0.1, 0.15) is 11.2 Å². The van der Waals surface area contributed by atoms with Gasteiger partial charge in [-0.05, 0) is 31.4 Å². The third-order valence-electron chi connectivity index (χ3n) is 5.81. The Morgan fingerprint density at radius 2 is 1.90 bits per heavy atom. The van der Waals surface area contributed by atoms with Crippen LogP contribution in [0.3, 0.4) is 0 Å². The Kier molecular flexibility index (Phi) is 5.67. The number of carbonyl (C=O) groups is 2. The minimum atomic E-state index is -3.15. The SMILES string of the molecule is O=C1CCC(C(=O)n2ccccc2=NC2CCCCC2)=NN1C1CCS(=O)(=O)C1. The molecule has 1 unspecified atom stereocenters. The van der Waals surface area contributed by atoms with Crippen molar-refractivity contribution >= 4 is 27.4 Å². The lowest BCUT2D eigenvalue weighted by molar-refractivity contribution is -0.133. The maximum Gasteiger partial charge on any atom is 0.279 e. The van der Waals surface area contributed by atoms with E-state index in [-0.39, 0.29) is 47.9 Å². The molecule has 3 heterocycles. The molecule has 0 aromatic carbocycles. The largest absolute Gasteiger partial charge is 0.279 e. The molecule has 1 amide bonds. The maximum absolute atomic E-state index is 13.2. The van der Waals surface area contributed by atoms with E-state index in [9.17, 15) is 18.0 Å². The molecule has 1 aromatic rings. The Morgan fingerprint density at radius 3 is 2.62 bits per heavy atom. The standard InChI is InChI=1S/C20H26N4O4S/c25-19-10-9-17(22-24(19)16-11-13-29(27,28)14-16)20(26)23-12-5-4-8-18(23)21-15-6-2-1-3-7-15/h4-5,8,12,15-16H,1-3,6-7,9-11,13-14H2. The normalized spacial score (nSPS) is 25.9. The van der Waals surface area contributed by atoms with Crippen LogP contribution < -0.4 is 5.49 Å². The van der Waals surface area contributed by atoms with Gasteiger partial charge >= 0.3 is 0 Å². The molecule has 9 heteroatoms. The fourth-order valence-corrected chi connectivity index (χ4v) is 5.92. The van der Waals surface area contributed by atoms with Crippen molar-refractivity contribution in [1.29, 1.82) is 0 Å². The number of carbonyl (C=O) groups excluding carboxylic acids is 2. The molecule has 8 nitrogen and oxygen atoms in total. The molecule has 1 aliphatic carbocycles. The van der Waals surface area contributed by atoms with Crippen molar-refractivity contribution in [2.24, 2.45) is 10.1 Å². The van der Waals surface area contributed by atoms with Crippen LogP contribution in [0, 0.1) is 0 Å². The van der Waals surface area contributed by atoms with Gasteiger partial charge < -0.3 is 0 Å². The fraction of sp³-hybridized carbons (Fsp3) is 0.600. The molecule has 1 atom stereocenters. The molecule has 0 bridgehead atoms. The first-order chi connectivity index (χ1) is 13.9. The number of pyridine rings is 1. The summed E-state index contributed by atoms with van der Waals surface area (Å²) in [4.78, 5) is 30.3. The number of rotatable bonds is 3. The van der Waals surface area contributed by atoms with Crippen molar-refractivity contribution < 1.29 is 18.0 Å². The average Bonchev–Trinajstić information content (AvgIpc) is 3.08. The highest BCUT2D eigenvalue weighted by molar-refractivity contribution is 7.91. The van der Waals surface area contributed by atoms with E-state index in [1.165, 1.54) is 16.0 Å². The van der Waals surface area contributed by atoms with Crippen LogP contribution >= 0.6 is 0 Å². The zero-order valence-corrected chi connectivity index (χ0v) is 17.2. The number of amides is 1. The van der Waals surface area contributed by atoms with Crippen molar-refractivity contribution in [1.82, 2.24) is 9.58 Å². The second-order valence-electron chi connectivity index (χ2n) is 8.00. The molecule has 1 aromatic heterocycles. The van der Waals surface area contributed by atoms with Crippen molar-refractivity contribution in [3.05, 3.63) is 29.9 Å². The average molecular weight is 419 g/mol. The summed E-state index contributed by atoms with van der Waals surface area (Å²) in [5.74, 6) is -0.574. The number of hydrazone groups is 1. The van der Waals surface area contributed by atoms with Gasteiger partial charge in [-0.3, -0.25) is 19.1 Å². The molecule has 4 rings (SSSR count). The lowest BCUT2D eigenvalue weighted by Gasteiger charge is -2.27. The predicted molar refractivity (Wildman–Crippen MR) is 108 cm³/mol. The lowest BCUT2D eigenvalue weighted by Crippen LogP contribution is -2.43. The van der Waals surface area contributed by atoms with E-state index < -0.39 is 15.9 Å². The molecular weight excluding hydrogens is 392 g/mol. The van der Waals surface area contributed by atoms with E-state index in [1.54, 1.807) is 12.3 Å². The number of hydrogen-bond acceptors (Lipinski definition) is 6. The third-order valence-corrected chi connectivity index (χ3v) is 7.56. The van der Waals surface area contributed by atoms with Gasteiger partial charge in [0.2, 0.25) is 5.91 Å². The molecule has 2 aliphatic heterocycles. The number of sulfone groups is 1. The third kappa shape index (κ3) is 4.49. The fourth-order valence-electron chi connectivity index (χ4n) is 4.23. The van der Waals surface area contributed by atoms with Crippen LogP contribution in [-0.4, -0.2) is 59.1 Å². The lowest BCUT2D eigenvalue weighted by atomic mass is 9.96. The van der Waals surface area contributed by atoms with Crippen molar-refractivity contribution in [2.45, 2.75) is 63.5 Å². The van der Waals surface area contributed by atoms with Crippen LogP contribution in [0.15, 0.2) is 34.5 Å². The summed E-state index contributed by atoms with van der Waals surface area (Å²) in [6.45, 7) is 0. The number of aromatic nitrogens is 1. The predicted octanol–water partition coefficient (Wildman–Crippen LogP) is 1.53. The van der Waals surface area contributed by atoms with Crippen LogP contribution in [0.4, 0.5) is 0 Å². The van der Waals surface area contributed by atoms with E-state index in [1.807, 2.05) is 12.1 Å². The minimum absolute atomic E-state index is 0.0537. The molecule has 0 radical (unpaired) electrons. The smallest absolute Gasteiger partial charge is 0.273 e. The van der Waals surface area contributed by atoms with E-state index in [2.05, 4.69) is 5.10 Å². The highest BCUT2D eigenvalue weighted by Gasteiger charge is 2.37. The van der Waals surface area contributed by atoms with Crippen LogP contribution in [0.1, 0.15) is 56.2 Å². The zero-order valence-electron chi connectivity index (χ0n) is 16.4. The topological polar surface area (TPSA) is 101 Å². The van der Waals surface area contributed by atoms with Gasteiger partial charge in [-0.2, -0.15) is 5.10 Å². The molecule has 156 valence electrons. The first-order valence-electron chi connectivity index (χ1n) is 10.3. The summed E-state index contributed by atoms with van der Waals surface area (Å²) in [5, 5.41) is 5.52. The highest BCUT2D eigenvalue weighted by atomic mass is 32.2. The summed E-state index contributed by atoms with van der Waals surface area (Å²) in [6.07, 6.45) is 8.05. The summed E-state index contributed by atoms with van der Waals surface area (Å²) in [5.41, 5.74) is 0.865. The molecule has 0 spiro atoms. The maximum atomic E-state index is 13.2. The van der Waals surface area contributed by atoms with Crippen LogP contribution in [-0.2, 0) is 14.6 Å². The second-order valence-corrected chi connectivity index (χ2v) is 10.2. The Labute approximate surface area is 170 Å². The summed E-state index contributed by atoms with van der Waals surface area (Å²) in [6, 6.07) is 5.19. The molecule has 1 saturated carbocycles. The van der Waals surface area contributed by atoms with Crippen molar-refractivity contribution in [3.8, 4) is 0 Å². The molecule has 29 heavy (non-hydrogen) atoms. The van der Waals surface area contributed by atoms with Gasteiger partial charge in [0.05, 0.1) is 23.6 Å². The van der Waals surface area contributed by atoms with Crippen molar-refractivity contribution in [2.75, 3.05) is 11.5 Å². The summed E-state index contributed by atoms with van der Waals surface area (Å²) >= 11 is 0. The van der Waals surface area contributed by atoms with E-state index in [4.69, 9.17) is 4.99 Å². The van der Waals surface area contributed by atoms with Crippen molar-refractivity contribution in [3.63, 3.8) is 0 Å². The number of hydrogen-bond donors (Lipinski definition) is 0. The molecule has 3 aliphatic rings. The van der Waals surface area contributed by atoms with Gasteiger partial charge in [0.25, 0.3) is 5.91 Å². The van der Waals surface area contributed by atoms with E-state index in [0.717, 1.165) is 25.7 Å². The molecular formula is C20H26N4O4S. The summed E-state index contributed by atoms with van der Waals surface area (Å²) in [7, 11) is -3.15.